The molecule has 0 saturated heterocycles. The number of carbonyl (C=O) groups is 2. The fraction of sp³-hybridized carbons (Fsp3) is 0.259. The number of hydrogen-bond donors (Lipinski definition) is 1. The lowest BCUT2D eigenvalue weighted by atomic mass is 10.0. The van der Waals surface area contributed by atoms with Gasteiger partial charge in [-0.3, -0.25) is 13.9 Å². The van der Waals surface area contributed by atoms with Crippen LogP contribution < -0.4 is 9.62 Å². The molecule has 1 atom stereocenters. The average molecular weight is 563 g/mol. The second-order valence-electron chi connectivity index (χ2n) is 8.64. The summed E-state index contributed by atoms with van der Waals surface area (Å²) in [6.07, 6.45) is 1.26. The summed E-state index contributed by atoms with van der Waals surface area (Å²) in [5.41, 5.74) is 2.85. The molecule has 0 bridgehead atoms. The van der Waals surface area contributed by atoms with E-state index < -0.39 is 28.5 Å². The molecule has 0 heterocycles. The van der Waals surface area contributed by atoms with Gasteiger partial charge < -0.3 is 10.2 Å². The zero-order valence-electron chi connectivity index (χ0n) is 20.8. The van der Waals surface area contributed by atoms with Crippen molar-refractivity contribution >= 4 is 50.7 Å². The third-order valence-corrected chi connectivity index (χ3v) is 7.87. The first kappa shape index (κ1) is 28.5. The van der Waals surface area contributed by atoms with Gasteiger partial charge in [0.15, 0.2) is 0 Å². The van der Waals surface area contributed by atoms with Crippen LogP contribution in [-0.4, -0.2) is 51.0 Å². The predicted octanol–water partition coefficient (Wildman–Crippen LogP) is 4.45. The number of nitrogens with one attached hydrogen (secondary N) is 1. The van der Waals surface area contributed by atoms with E-state index in [2.05, 4.69) is 5.32 Å². The molecule has 0 radical (unpaired) electrons. The number of sulfonamides is 1. The Hall–Kier alpha value is -3.07. The van der Waals surface area contributed by atoms with Crippen molar-refractivity contribution in [3.05, 3.63) is 99.5 Å². The number of nitrogens with zero attached hydrogens (tertiary/aromatic N) is 2. The summed E-state index contributed by atoms with van der Waals surface area (Å²) in [4.78, 5) is 28.4. The van der Waals surface area contributed by atoms with Crippen LogP contribution in [0.3, 0.4) is 0 Å². The zero-order chi connectivity index (χ0) is 27.2. The van der Waals surface area contributed by atoms with E-state index in [1.807, 2.05) is 61.5 Å². The van der Waals surface area contributed by atoms with Crippen molar-refractivity contribution in [3.8, 4) is 0 Å². The molecule has 3 rings (SSSR count). The number of likely N-dealkylation sites (N-methyl/N-ethyl adjacent to an activating group) is 1. The molecule has 37 heavy (non-hydrogen) atoms. The van der Waals surface area contributed by atoms with Gasteiger partial charge in [0, 0.05) is 20.0 Å². The highest BCUT2D eigenvalue weighted by atomic mass is 35.5. The lowest BCUT2D eigenvalue weighted by Crippen LogP contribution is -2.53. The van der Waals surface area contributed by atoms with E-state index in [4.69, 9.17) is 23.2 Å². The van der Waals surface area contributed by atoms with Crippen molar-refractivity contribution in [1.82, 2.24) is 10.2 Å². The second kappa shape index (κ2) is 12.4. The monoisotopic (exact) mass is 561 g/mol. The van der Waals surface area contributed by atoms with E-state index in [9.17, 15) is 18.0 Å². The highest BCUT2D eigenvalue weighted by Gasteiger charge is 2.33. The number of aryl methyl sites for hydroxylation is 1. The van der Waals surface area contributed by atoms with Crippen LogP contribution in [-0.2, 0) is 32.6 Å². The molecule has 0 aliphatic rings. The summed E-state index contributed by atoms with van der Waals surface area (Å²) in [7, 11) is -2.37. The number of rotatable bonds is 10. The normalized spacial score (nSPS) is 12.0. The topological polar surface area (TPSA) is 86.8 Å². The first-order valence-electron chi connectivity index (χ1n) is 11.5. The molecule has 10 heteroatoms. The van der Waals surface area contributed by atoms with Crippen molar-refractivity contribution in [3.63, 3.8) is 0 Å². The standard InChI is InChI=1S/C27H29Cl2N3O4S/c1-19-9-7-8-12-21(19)17-31(25(27(34)30-2)15-20-10-5-4-6-11-20)26(33)18-32(37(3,35)36)22-13-14-23(28)24(29)16-22/h4-14,16,25H,15,17-18H2,1-3H3,(H,30,34)/t25-/m0/s1. The molecule has 0 spiro atoms. The third kappa shape index (κ3) is 7.47. The van der Waals surface area contributed by atoms with Crippen molar-refractivity contribution < 1.29 is 18.0 Å². The van der Waals surface area contributed by atoms with Crippen LogP contribution in [0.2, 0.25) is 10.0 Å². The molecule has 0 saturated carbocycles. The van der Waals surface area contributed by atoms with E-state index in [1.165, 1.54) is 30.1 Å². The molecule has 0 unspecified atom stereocenters. The Kier molecular flexibility index (Phi) is 9.59. The summed E-state index contributed by atoms with van der Waals surface area (Å²) >= 11 is 12.1. The minimum atomic E-state index is -3.88. The van der Waals surface area contributed by atoms with Crippen LogP contribution >= 0.6 is 23.2 Å². The smallest absolute Gasteiger partial charge is 0.244 e. The Labute approximate surface area is 228 Å². The van der Waals surface area contributed by atoms with Gasteiger partial charge in [-0.1, -0.05) is 77.8 Å². The number of benzene rings is 3. The van der Waals surface area contributed by atoms with Crippen molar-refractivity contribution in [1.29, 1.82) is 0 Å². The van der Waals surface area contributed by atoms with Gasteiger partial charge in [-0.15, -0.1) is 0 Å². The SMILES string of the molecule is CNC(=O)[C@H](Cc1ccccc1)N(Cc1ccccc1C)C(=O)CN(c1ccc(Cl)c(Cl)c1)S(C)(=O)=O. The molecular weight excluding hydrogens is 533 g/mol. The molecule has 0 aliphatic heterocycles. The Morgan fingerprint density at radius 1 is 0.946 bits per heavy atom. The summed E-state index contributed by atoms with van der Waals surface area (Å²) in [5, 5.41) is 3.07. The maximum atomic E-state index is 13.9. The quantitative estimate of drug-likeness (QED) is 0.396. The van der Waals surface area contributed by atoms with Crippen LogP contribution in [0.25, 0.3) is 0 Å². The van der Waals surface area contributed by atoms with Gasteiger partial charge in [0.2, 0.25) is 21.8 Å². The molecule has 0 aliphatic carbocycles. The van der Waals surface area contributed by atoms with E-state index >= 15 is 0 Å². The molecule has 2 amide bonds. The molecule has 7 nitrogen and oxygen atoms in total. The lowest BCUT2D eigenvalue weighted by molar-refractivity contribution is -0.139. The number of anilines is 1. The number of hydrogen-bond acceptors (Lipinski definition) is 4. The Bertz CT molecular complexity index is 1370. The second-order valence-corrected chi connectivity index (χ2v) is 11.4. The van der Waals surface area contributed by atoms with Crippen LogP contribution in [0.5, 0.6) is 0 Å². The van der Waals surface area contributed by atoms with Gasteiger partial charge in [-0.25, -0.2) is 8.42 Å². The summed E-state index contributed by atoms with van der Waals surface area (Å²) in [6.45, 7) is 1.52. The van der Waals surface area contributed by atoms with E-state index in [0.29, 0.717) is 0 Å². The maximum Gasteiger partial charge on any atom is 0.244 e. The summed E-state index contributed by atoms with van der Waals surface area (Å²) in [6, 6.07) is 20.4. The average Bonchev–Trinajstić information content (AvgIpc) is 2.86. The summed E-state index contributed by atoms with van der Waals surface area (Å²) in [5.74, 6) is -0.893. The van der Waals surface area contributed by atoms with Crippen LogP contribution in [0.15, 0.2) is 72.8 Å². The largest absolute Gasteiger partial charge is 0.357 e. The van der Waals surface area contributed by atoms with Gasteiger partial charge in [0.05, 0.1) is 22.0 Å². The molecule has 3 aromatic rings. The van der Waals surface area contributed by atoms with Crippen LogP contribution in [0.4, 0.5) is 5.69 Å². The van der Waals surface area contributed by atoms with Gasteiger partial charge in [0.1, 0.15) is 12.6 Å². The number of carbonyl (C=O) groups excluding carboxylic acids is 2. The highest BCUT2D eigenvalue weighted by molar-refractivity contribution is 7.92. The van der Waals surface area contributed by atoms with E-state index in [-0.39, 0.29) is 34.6 Å². The molecule has 3 aromatic carbocycles. The first-order valence-corrected chi connectivity index (χ1v) is 14.1. The summed E-state index contributed by atoms with van der Waals surface area (Å²) < 4.78 is 26.5. The fourth-order valence-electron chi connectivity index (χ4n) is 3.95. The fourth-order valence-corrected chi connectivity index (χ4v) is 5.08. The van der Waals surface area contributed by atoms with E-state index in [0.717, 1.165) is 27.3 Å². The molecular formula is C27H29Cl2N3O4S. The minimum absolute atomic E-state index is 0.120. The van der Waals surface area contributed by atoms with Crippen molar-refractivity contribution in [2.24, 2.45) is 0 Å². The molecule has 0 fully saturated rings. The number of halogens is 2. The lowest BCUT2D eigenvalue weighted by Gasteiger charge is -2.33. The first-order chi connectivity index (χ1) is 17.5. The molecule has 196 valence electrons. The van der Waals surface area contributed by atoms with E-state index in [1.54, 1.807) is 0 Å². The highest BCUT2D eigenvalue weighted by Crippen LogP contribution is 2.29. The Morgan fingerprint density at radius 3 is 2.19 bits per heavy atom. The number of amides is 2. The predicted molar refractivity (Wildman–Crippen MR) is 148 cm³/mol. The zero-order valence-corrected chi connectivity index (χ0v) is 23.1. The van der Waals surface area contributed by atoms with Crippen molar-refractivity contribution in [2.45, 2.75) is 25.9 Å². The van der Waals surface area contributed by atoms with Gasteiger partial charge in [-0.05, 0) is 41.8 Å². The molecule has 1 N–H and O–H groups in total. The van der Waals surface area contributed by atoms with Gasteiger partial charge in [0.25, 0.3) is 0 Å². The Morgan fingerprint density at radius 2 is 1.59 bits per heavy atom. The van der Waals surface area contributed by atoms with Crippen LogP contribution in [0, 0.1) is 6.92 Å². The molecule has 0 aromatic heterocycles. The van der Waals surface area contributed by atoms with Crippen LogP contribution in [0.1, 0.15) is 16.7 Å². The minimum Gasteiger partial charge on any atom is -0.357 e. The van der Waals surface area contributed by atoms with Gasteiger partial charge in [-0.2, -0.15) is 0 Å². The van der Waals surface area contributed by atoms with Gasteiger partial charge >= 0.3 is 0 Å². The van der Waals surface area contributed by atoms with Crippen molar-refractivity contribution in [2.75, 3.05) is 24.2 Å². The maximum absolute atomic E-state index is 13.9. The Balaban J connectivity index is 2.05. The third-order valence-electron chi connectivity index (χ3n) is 5.99.